The van der Waals surface area contributed by atoms with Crippen LogP contribution in [0.3, 0.4) is 0 Å². The van der Waals surface area contributed by atoms with Gasteiger partial charge in [-0.25, -0.2) is 0 Å². The largest absolute Gasteiger partial charge is 0.497 e. The zero-order valence-corrected chi connectivity index (χ0v) is 18.5. The second kappa shape index (κ2) is 14.4. The van der Waals surface area contributed by atoms with E-state index in [4.69, 9.17) is 9.47 Å². The molecule has 30 heavy (non-hydrogen) atoms. The monoisotopic (exact) mass is 421 g/mol. The van der Waals surface area contributed by atoms with E-state index in [9.17, 15) is 14.4 Å². The van der Waals surface area contributed by atoms with Crippen molar-refractivity contribution in [2.45, 2.75) is 39.5 Å². The van der Waals surface area contributed by atoms with Crippen molar-refractivity contribution in [3.8, 4) is 5.75 Å². The summed E-state index contributed by atoms with van der Waals surface area (Å²) in [7, 11) is 3.12. The SMILES string of the molecule is CCCCC(CC)C(=O)N(CCOC)CC(=O)NCC(=O)Nc1ccc(OC)cc1. The van der Waals surface area contributed by atoms with Crippen molar-refractivity contribution in [3.63, 3.8) is 0 Å². The lowest BCUT2D eigenvalue weighted by atomic mass is 9.97. The molecule has 1 aromatic rings. The first kappa shape index (κ1) is 25.4. The molecule has 0 bridgehead atoms. The van der Waals surface area contributed by atoms with Crippen LogP contribution in [0.1, 0.15) is 39.5 Å². The molecule has 3 amide bonds. The van der Waals surface area contributed by atoms with Crippen molar-refractivity contribution in [2.75, 3.05) is 45.8 Å². The number of methoxy groups -OCH3 is 2. The van der Waals surface area contributed by atoms with E-state index in [0.717, 1.165) is 25.7 Å². The lowest BCUT2D eigenvalue weighted by molar-refractivity contribution is -0.140. The molecule has 1 atom stereocenters. The summed E-state index contributed by atoms with van der Waals surface area (Å²) in [6, 6.07) is 6.89. The predicted molar refractivity (Wildman–Crippen MR) is 116 cm³/mol. The first-order valence-electron chi connectivity index (χ1n) is 10.4. The fourth-order valence-electron chi connectivity index (χ4n) is 2.97. The predicted octanol–water partition coefficient (Wildman–Crippen LogP) is 2.44. The van der Waals surface area contributed by atoms with Crippen LogP contribution in [0.4, 0.5) is 5.69 Å². The van der Waals surface area contributed by atoms with Crippen molar-refractivity contribution in [3.05, 3.63) is 24.3 Å². The molecule has 8 heteroatoms. The summed E-state index contributed by atoms with van der Waals surface area (Å²) in [5.41, 5.74) is 0.605. The Morgan fingerprint density at radius 3 is 2.33 bits per heavy atom. The minimum absolute atomic E-state index is 0.0409. The van der Waals surface area contributed by atoms with Gasteiger partial charge in [0.25, 0.3) is 0 Å². The number of rotatable bonds is 14. The molecule has 0 heterocycles. The minimum atomic E-state index is -0.380. The van der Waals surface area contributed by atoms with E-state index >= 15 is 0 Å². The Labute approximate surface area is 179 Å². The van der Waals surface area contributed by atoms with E-state index in [1.165, 1.54) is 4.90 Å². The Kier molecular flexibility index (Phi) is 12.2. The maximum Gasteiger partial charge on any atom is 0.243 e. The average molecular weight is 422 g/mol. The molecule has 0 saturated heterocycles. The van der Waals surface area contributed by atoms with Crippen LogP contribution in [-0.4, -0.2) is 63.1 Å². The van der Waals surface area contributed by atoms with E-state index in [1.807, 2.05) is 6.92 Å². The van der Waals surface area contributed by atoms with E-state index in [1.54, 1.807) is 38.5 Å². The summed E-state index contributed by atoms with van der Waals surface area (Å²) in [5, 5.41) is 5.28. The number of carbonyl (C=O) groups excluding carboxylic acids is 3. The highest BCUT2D eigenvalue weighted by atomic mass is 16.5. The quantitative estimate of drug-likeness (QED) is 0.481. The molecule has 0 saturated carbocycles. The summed E-state index contributed by atoms with van der Waals surface area (Å²) in [4.78, 5) is 38.8. The summed E-state index contributed by atoms with van der Waals surface area (Å²) >= 11 is 0. The van der Waals surface area contributed by atoms with Gasteiger partial charge in [-0.05, 0) is 37.1 Å². The van der Waals surface area contributed by atoms with Crippen molar-refractivity contribution >= 4 is 23.4 Å². The van der Waals surface area contributed by atoms with Gasteiger partial charge < -0.3 is 25.0 Å². The summed E-state index contributed by atoms with van der Waals surface area (Å²) in [5.74, 6) is -0.187. The molecule has 0 aliphatic heterocycles. The van der Waals surface area contributed by atoms with Gasteiger partial charge in [0, 0.05) is 25.3 Å². The fourth-order valence-corrected chi connectivity index (χ4v) is 2.97. The second-order valence-corrected chi connectivity index (χ2v) is 7.05. The topological polar surface area (TPSA) is 97.0 Å². The number of nitrogens with one attached hydrogen (secondary N) is 2. The van der Waals surface area contributed by atoms with Gasteiger partial charge in [0.05, 0.1) is 26.8 Å². The van der Waals surface area contributed by atoms with Gasteiger partial charge in [0.15, 0.2) is 0 Å². The van der Waals surface area contributed by atoms with E-state index in [2.05, 4.69) is 17.6 Å². The maximum absolute atomic E-state index is 12.9. The van der Waals surface area contributed by atoms with Gasteiger partial charge in [-0.2, -0.15) is 0 Å². The Morgan fingerprint density at radius 1 is 1.07 bits per heavy atom. The number of anilines is 1. The van der Waals surface area contributed by atoms with Gasteiger partial charge in [-0.3, -0.25) is 14.4 Å². The van der Waals surface area contributed by atoms with Crippen molar-refractivity contribution < 1.29 is 23.9 Å². The van der Waals surface area contributed by atoms with Crippen LogP contribution in [0, 0.1) is 5.92 Å². The molecule has 8 nitrogen and oxygen atoms in total. The molecule has 0 fully saturated rings. The summed E-state index contributed by atoms with van der Waals surface area (Å²) in [6.07, 6.45) is 3.53. The number of ether oxygens (including phenoxy) is 2. The highest BCUT2D eigenvalue weighted by Gasteiger charge is 2.24. The zero-order valence-electron chi connectivity index (χ0n) is 18.5. The summed E-state index contributed by atoms with van der Waals surface area (Å²) in [6.45, 7) is 4.48. The van der Waals surface area contributed by atoms with Gasteiger partial charge in [0.2, 0.25) is 17.7 Å². The number of carbonyl (C=O) groups is 3. The smallest absolute Gasteiger partial charge is 0.243 e. The van der Waals surface area contributed by atoms with Crippen LogP contribution in [0.5, 0.6) is 5.75 Å². The number of amides is 3. The van der Waals surface area contributed by atoms with Crippen molar-refractivity contribution in [2.24, 2.45) is 5.92 Å². The van der Waals surface area contributed by atoms with Crippen LogP contribution in [-0.2, 0) is 19.1 Å². The van der Waals surface area contributed by atoms with Crippen LogP contribution in [0.15, 0.2) is 24.3 Å². The third-order valence-electron chi connectivity index (χ3n) is 4.78. The van der Waals surface area contributed by atoms with Crippen LogP contribution in [0.2, 0.25) is 0 Å². The molecule has 0 spiro atoms. The highest BCUT2D eigenvalue weighted by Crippen LogP contribution is 2.16. The average Bonchev–Trinajstić information content (AvgIpc) is 2.76. The first-order valence-corrected chi connectivity index (χ1v) is 10.4. The molecule has 0 aliphatic rings. The van der Waals surface area contributed by atoms with Crippen molar-refractivity contribution in [1.29, 1.82) is 0 Å². The van der Waals surface area contributed by atoms with Gasteiger partial charge >= 0.3 is 0 Å². The lowest BCUT2D eigenvalue weighted by Crippen LogP contribution is -2.46. The van der Waals surface area contributed by atoms with E-state index in [-0.39, 0.29) is 36.7 Å². The molecule has 168 valence electrons. The van der Waals surface area contributed by atoms with Crippen molar-refractivity contribution in [1.82, 2.24) is 10.2 Å². The standard InChI is InChI=1S/C22H35N3O5/c1-5-7-8-17(6-2)22(28)25(13-14-29-3)16-21(27)23-15-20(26)24-18-9-11-19(30-4)12-10-18/h9-12,17H,5-8,13-16H2,1-4H3,(H,23,27)(H,24,26). The lowest BCUT2D eigenvalue weighted by Gasteiger charge is -2.26. The first-order chi connectivity index (χ1) is 14.4. The number of hydrogen-bond acceptors (Lipinski definition) is 5. The third-order valence-corrected chi connectivity index (χ3v) is 4.78. The second-order valence-electron chi connectivity index (χ2n) is 7.05. The molecule has 0 radical (unpaired) electrons. The Bertz CT molecular complexity index is 663. The van der Waals surface area contributed by atoms with Gasteiger partial charge in [-0.15, -0.1) is 0 Å². The molecular formula is C22H35N3O5. The van der Waals surface area contributed by atoms with Gasteiger partial charge in [0.1, 0.15) is 5.75 Å². The van der Waals surface area contributed by atoms with Crippen LogP contribution < -0.4 is 15.4 Å². The minimum Gasteiger partial charge on any atom is -0.497 e. The van der Waals surface area contributed by atoms with E-state index < -0.39 is 0 Å². The number of benzene rings is 1. The highest BCUT2D eigenvalue weighted by molar-refractivity contribution is 5.95. The number of hydrogen-bond donors (Lipinski definition) is 2. The fraction of sp³-hybridized carbons (Fsp3) is 0.591. The molecule has 0 aliphatic carbocycles. The zero-order chi connectivity index (χ0) is 22.4. The Balaban J connectivity index is 2.56. The number of unbranched alkanes of at least 4 members (excludes halogenated alkanes) is 1. The normalized spacial score (nSPS) is 11.5. The molecule has 1 aromatic carbocycles. The molecule has 2 N–H and O–H groups in total. The maximum atomic E-state index is 12.9. The third kappa shape index (κ3) is 9.26. The Morgan fingerprint density at radius 2 is 1.77 bits per heavy atom. The van der Waals surface area contributed by atoms with Crippen LogP contribution in [0.25, 0.3) is 0 Å². The number of nitrogens with zero attached hydrogens (tertiary/aromatic N) is 1. The molecular weight excluding hydrogens is 386 g/mol. The molecule has 0 aromatic heterocycles. The van der Waals surface area contributed by atoms with Crippen LogP contribution >= 0.6 is 0 Å². The van der Waals surface area contributed by atoms with Gasteiger partial charge in [-0.1, -0.05) is 26.7 Å². The summed E-state index contributed by atoms with van der Waals surface area (Å²) < 4.78 is 10.2. The van der Waals surface area contributed by atoms with E-state index in [0.29, 0.717) is 24.6 Å². The Hall–Kier alpha value is -2.61. The molecule has 1 unspecified atom stereocenters. The molecule has 1 rings (SSSR count).